The molecule has 25 heavy (non-hydrogen) atoms. The molecule has 1 amide bonds. The minimum Gasteiger partial charge on any atom is -0.329 e. The highest BCUT2D eigenvalue weighted by Crippen LogP contribution is 2.11. The van der Waals surface area contributed by atoms with Gasteiger partial charge in [0.15, 0.2) is 0 Å². The first-order chi connectivity index (χ1) is 12.3. The van der Waals surface area contributed by atoms with Gasteiger partial charge in [-0.05, 0) is 11.1 Å². The van der Waals surface area contributed by atoms with E-state index in [2.05, 4.69) is 16.9 Å². The summed E-state index contributed by atoms with van der Waals surface area (Å²) in [5, 5.41) is 8.00. The fraction of sp³-hybridized carbons (Fsp3) is 0.150. The van der Waals surface area contributed by atoms with E-state index in [-0.39, 0.29) is 5.91 Å². The van der Waals surface area contributed by atoms with Crippen LogP contribution in [0.25, 0.3) is 0 Å². The predicted molar refractivity (Wildman–Crippen MR) is 96.9 cm³/mol. The molecule has 0 bridgehead atoms. The lowest BCUT2D eigenvalue weighted by Gasteiger charge is -2.21. The third-order valence-corrected chi connectivity index (χ3v) is 3.86. The number of carbonyl (C=O) groups excluding carboxylic acids is 1. The summed E-state index contributed by atoms with van der Waals surface area (Å²) in [5.41, 5.74) is 2.61. The first kappa shape index (κ1) is 16.6. The number of hydrogen-bond acceptors (Lipinski definition) is 3. The lowest BCUT2D eigenvalue weighted by atomic mass is 10.2. The van der Waals surface area contributed by atoms with Gasteiger partial charge in [0.2, 0.25) is 0 Å². The van der Waals surface area contributed by atoms with Gasteiger partial charge in [0, 0.05) is 13.1 Å². The molecule has 0 aliphatic carbocycles. The van der Waals surface area contributed by atoms with Gasteiger partial charge in [-0.1, -0.05) is 72.0 Å². The molecule has 0 N–H and O–H groups in total. The Morgan fingerprint density at radius 2 is 1.68 bits per heavy atom. The second-order valence-corrected chi connectivity index (χ2v) is 5.72. The minimum absolute atomic E-state index is 0.107. The van der Waals surface area contributed by atoms with Crippen LogP contribution in [0.2, 0.25) is 0 Å². The van der Waals surface area contributed by atoms with Crippen molar-refractivity contribution in [3.63, 3.8) is 0 Å². The molecule has 3 rings (SSSR count). The first-order valence-corrected chi connectivity index (χ1v) is 8.14. The molecular formula is C20H20N4O. The van der Waals surface area contributed by atoms with Crippen LogP contribution in [0.15, 0.2) is 79.5 Å². The molecule has 0 aliphatic heterocycles. The van der Waals surface area contributed by atoms with Gasteiger partial charge in [-0.15, -0.1) is 11.7 Å². The Bertz CT molecular complexity index is 827. The maximum absolute atomic E-state index is 13.0. The molecule has 2 aromatic carbocycles. The lowest BCUT2D eigenvalue weighted by molar-refractivity contribution is 0.0750. The lowest BCUT2D eigenvalue weighted by Crippen LogP contribution is -2.32. The summed E-state index contributed by atoms with van der Waals surface area (Å²) in [7, 11) is 0. The number of nitrogens with zero attached hydrogens (tertiary/aromatic N) is 4. The van der Waals surface area contributed by atoms with Crippen LogP contribution in [0.1, 0.15) is 21.6 Å². The molecule has 0 aliphatic rings. The minimum atomic E-state index is -0.107. The number of rotatable bonds is 7. The number of carbonyl (C=O) groups is 1. The largest absolute Gasteiger partial charge is 0.329 e. The van der Waals surface area contributed by atoms with Crippen molar-refractivity contribution in [3.8, 4) is 0 Å². The highest BCUT2D eigenvalue weighted by atomic mass is 16.2. The normalized spacial score (nSPS) is 10.4. The van der Waals surface area contributed by atoms with Gasteiger partial charge in [0.05, 0.1) is 12.7 Å². The molecule has 0 saturated heterocycles. The van der Waals surface area contributed by atoms with Gasteiger partial charge in [-0.25, -0.2) is 4.68 Å². The maximum atomic E-state index is 13.0. The zero-order valence-electron chi connectivity index (χ0n) is 14.0. The Kier molecular flexibility index (Phi) is 5.36. The van der Waals surface area contributed by atoms with E-state index >= 15 is 0 Å². The molecule has 0 radical (unpaired) electrons. The Balaban J connectivity index is 1.80. The van der Waals surface area contributed by atoms with Crippen LogP contribution in [0.5, 0.6) is 0 Å². The van der Waals surface area contributed by atoms with Gasteiger partial charge >= 0.3 is 0 Å². The van der Waals surface area contributed by atoms with E-state index in [9.17, 15) is 4.79 Å². The Labute approximate surface area is 147 Å². The molecule has 1 heterocycles. The van der Waals surface area contributed by atoms with Gasteiger partial charge in [0.1, 0.15) is 5.69 Å². The van der Waals surface area contributed by atoms with Crippen LogP contribution in [-0.4, -0.2) is 32.3 Å². The van der Waals surface area contributed by atoms with Crippen molar-refractivity contribution < 1.29 is 4.79 Å². The molecule has 5 nitrogen and oxygen atoms in total. The predicted octanol–water partition coefficient (Wildman–Crippen LogP) is 3.15. The fourth-order valence-corrected chi connectivity index (χ4v) is 2.64. The smallest absolute Gasteiger partial charge is 0.274 e. The van der Waals surface area contributed by atoms with E-state index in [0.717, 1.165) is 11.1 Å². The molecule has 0 unspecified atom stereocenters. The van der Waals surface area contributed by atoms with Crippen LogP contribution in [0.4, 0.5) is 0 Å². The Hall–Kier alpha value is -3.21. The van der Waals surface area contributed by atoms with E-state index in [1.54, 1.807) is 15.7 Å². The zero-order chi connectivity index (χ0) is 17.5. The summed E-state index contributed by atoms with van der Waals surface area (Å²) in [6.07, 6.45) is 3.25. The molecule has 126 valence electrons. The second-order valence-electron chi connectivity index (χ2n) is 5.72. The van der Waals surface area contributed by atoms with E-state index in [1.165, 1.54) is 6.20 Å². The van der Waals surface area contributed by atoms with Gasteiger partial charge < -0.3 is 4.90 Å². The third kappa shape index (κ3) is 4.20. The Morgan fingerprint density at radius 3 is 2.32 bits per heavy atom. The van der Waals surface area contributed by atoms with Crippen molar-refractivity contribution in [2.45, 2.75) is 13.1 Å². The number of benzene rings is 2. The van der Waals surface area contributed by atoms with Crippen LogP contribution in [0.3, 0.4) is 0 Å². The monoisotopic (exact) mass is 332 g/mol. The summed E-state index contributed by atoms with van der Waals surface area (Å²) >= 11 is 0. The van der Waals surface area contributed by atoms with Crippen LogP contribution in [0, 0.1) is 0 Å². The van der Waals surface area contributed by atoms with Crippen molar-refractivity contribution in [2.75, 3.05) is 6.54 Å². The Morgan fingerprint density at radius 1 is 1.04 bits per heavy atom. The van der Waals surface area contributed by atoms with Crippen LogP contribution < -0.4 is 0 Å². The summed E-state index contributed by atoms with van der Waals surface area (Å²) in [6, 6.07) is 19.8. The number of hydrogen-bond donors (Lipinski definition) is 0. The van der Waals surface area contributed by atoms with Crippen LogP contribution in [-0.2, 0) is 13.1 Å². The number of aromatic nitrogens is 3. The van der Waals surface area contributed by atoms with E-state index in [1.807, 2.05) is 60.7 Å². The molecular weight excluding hydrogens is 312 g/mol. The highest BCUT2D eigenvalue weighted by Gasteiger charge is 2.20. The maximum Gasteiger partial charge on any atom is 0.274 e. The van der Waals surface area contributed by atoms with Gasteiger partial charge in [0.25, 0.3) is 5.91 Å². The van der Waals surface area contributed by atoms with Crippen LogP contribution >= 0.6 is 0 Å². The molecule has 0 saturated carbocycles. The van der Waals surface area contributed by atoms with Gasteiger partial charge in [-0.2, -0.15) is 0 Å². The summed E-state index contributed by atoms with van der Waals surface area (Å²) in [4.78, 5) is 14.7. The quantitative estimate of drug-likeness (QED) is 0.625. The molecule has 5 heteroatoms. The van der Waals surface area contributed by atoms with Gasteiger partial charge in [-0.3, -0.25) is 4.79 Å². The average Bonchev–Trinajstić information content (AvgIpc) is 3.10. The van der Waals surface area contributed by atoms with Crippen molar-refractivity contribution >= 4 is 5.91 Å². The SMILES string of the molecule is C=CCN(Cc1ccccc1)C(=O)c1cnnn1Cc1ccccc1. The second kappa shape index (κ2) is 8.06. The molecule has 1 aromatic heterocycles. The van der Waals surface area contributed by atoms with Crippen molar-refractivity contribution in [1.29, 1.82) is 0 Å². The van der Waals surface area contributed by atoms with Crippen molar-refractivity contribution in [1.82, 2.24) is 19.9 Å². The molecule has 0 atom stereocenters. The highest BCUT2D eigenvalue weighted by molar-refractivity contribution is 5.92. The average molecular weight is 332 g/mol. The fourth-order valence-electron chi connectivity index (χ4n) is 2.64. The van der Waals surface area contributed by atoms with Crippen molar-refractivity contribution in [2.24, 2.45) is 0 Å². The topological polar surface area (TPSA) is 51.0 Å². The van der Waals surface area contributed by atoms with E-state index in [4.69, 9.17) is 0 Å². The molecule has 0 spiro atoms. The summed E-state index contributed by atoms with van der Waals surface area (Å²) in [5.74, 6) is -0.107. The zero-order valence-corrected chi connectivity index (χ0v) is 14.0. The molecule has 3 aromatic rings. The molecule has 0 fully saturated rings. The first-order valence-electron chi connectivity index (χ1n) is 8.14. The summed E-state index contributed by atoms with van der Waals surface area (Å²) in [6.45, 7) is 5.25. The van der Waals surface area contributed by atoms with Crippen molar-refractivity contribution in [3.05, 3.63) is 96.3 Å². The third-order valence-electron chi connectivity index (χ3n) is 3.86. The van der Waals surface area contributed by atoms with E-state index in [0.29, 0.717) is 25.3 Å². The number of amides is 1. The standard InChI is InChI=1S/C20H20N4O/c1-2-13-23(15-17-9-5-3-6-10-17)20(25)19-14-21-22-24(19)16-18-11-7-4-8-12-18/h2-12,14H,1,13,15-16H2. The summed E-state index contributed by atoms with van der Waals surface area (Å²) < 4.78 is 1.64. The van der Waals surface area contributed by atoms with E-state index < -0.39 is 0 Å².